The summed E-state index contributed by atoms with van der Waals surface area (Å²) in [5.41, 5.74) is -0.286. The van der Waals surface area contributed by atoms with E-state index < -0.39 is 12.0 Å². The Morgan fingerprint density at radius 1 is 1.55 bits per heavy atom. The standard InChI is InChI=1S/C7H15NO3/c1-7(2,3)8-5(4-9)6(10)11/h5,8-9H,4H2,1-3H3,(H,10,11). The van der Waals surface area contributed by atoms with Crippen molar-refractivity contribution in [2.45, 2.75) is 32.4 Å². The van der Waals surface area contributed by atoms with E-state index in [-0.39, 0.29) is 12.1 Å². The lowest BCUT2D eigenvalue weighted by Crippen LogP contribution is -2.49. The van der Waals surface area contributed by atoms with Gasteiger partial charge in [-0.1, -0.05) is 0 Å². The zero-order valence-electron chi connectivity index (χ0n) is 7.09. The summed E-state index contributed by atoms with van der Waals surface area (Å²) in [4.78, 5) is 10.4. The summed E-state index contributed by atoms with van der Waals surface area (Å²) in [6.07, 6.45) is 0. The zero-order chi connectivity index (χ0) is 9.07. The van der Waals surface area contributed by atoms with E-state index >= 15 is 0 Å². The third-order valence-corrected chi connectivity index (χ3v) is 1.09. The number of hydrogen-bond acceptors (Lipinski definition) is 3. The van der Waals surface area contributed by atoms with E-state index in [0.29, 0.717) is 0 Å². The highest BCUT2D eigenvalue weighted by Gasteiger charge is 2.21. The largest absolute Gasteiger partial charge is 0.480 e. The van der Waals surface area contributed by atoms with Gasteiger partial charge >= 0.3 is 5.97 Å². The van der Waals surface area contributed by atoms with Crippen LogP contribution in [0.25, 0.3) is 0 Å². The number of carbonyl (C=O) groups is 1. The Morgan fingerprint density at radius 3 is 2.09 bits per heavy atom. The number of hydrogen-bond donors (Lipinski definition) is 3. The van der Waals surface area contributed by atoms with Crippen LogP contribution >= 0.6 is 0 Å². The molecule has 0 amide bonds. The fourth-order valence-electron chi connectivity index (χ4n) is 0.708. The van der Waals surface area contributed by atoms with Crippen LogP contribution in [0.2, 0.25) is 0 Å². The van der Waals surface area contributed by atoms with Gasteiger partial charge < -0.3 is 10.2 Å². The summed E-state index contributed by atoms with van der Waals surface area (Å²) in [7, 11) is 0. The van der Waals surface area contributed by atoms with Crippen molar-refractivity contribution in [1.82, 2.24) is 5.32 Å². The summed E-state index contributed by atoms with van der Waals surface area (Å²) in [6.45, 7) is 5.16. The molecule has 0 saturated heterocycles. The second-order valence-corrected chi connectivity index (χ2v) is 3.47. The predicted octanol–water partition coefficient (Wildman–Crippen LogP) is -0.180. The molecule has 1 unspecified atom stereocenters. The Hall–Kier alpha value is -0.610. The Balaban J connectivity index is 3.99. The summed E-state index contributed by atoms with van der Waals surface area (Å²) in [5.74, 6) is -1.03. The quantitative estimate of drug-likeness (QED) is 0.537. The lowest BCUT2D eigenvalue weighted by molar-refractivity contribution is -0.141. The Morgan fingerprint density at radius 2 is 2.00 bits per heavy atom. The maximum Gasteiger partial charge on any atom is 0.323 e. The smallest absolute Gasteiger partial charge is 0.323 e. The monoisotopic (exact) mass is 161 g/mol. The number of carboxylic acid groups (broad SMARTS) is 1. The third kappa shape index (κ3) is 4.75. The molecule has 0 aliphatic carbocycles. The molecular weight excluding hydrogens is 146 g/mol. The van der Waals surface area contributed by atoms with Gasteiger partial charge in [0.05, 0.1) is 6.61 Å². The summed E-state index contributed by atoms with van der Waals surface area (Å²) < 4.78 is 0. The average molecular weight is 161 g/mol. The van der Waals surface area contributed by atoms with Gasteiger partial charge in [-0.2, -0.15) is 0 Å². The fourth-order valence-corrected chi connectivity index (χ4v) is 0.708. The van der Waals surface area contributed by atoms with Gasteiger partial charge in [-0.3, -0.25) is 10.1 Å². The van der Waals surface area contributed by atoms with Gasteiger partial charge in [-0.15, -0.1) is 0 Å². The van der Waals surface area contributed by atoms with Gasteiger partial charge in [0, 0.05) is 5.54 Å². The molecule has 4 nitrogen and oxygen atoms in total. The fraction of sp³-hybridized carbons (Fsp3) is 0.857. The van der Waals surface area contributed by atoms with E-state index in [0.717, 1.165) is 0 Å². The van der Waals surface area contributed by atoms with Crippen LogP contribution < -0.4 is 5.32 Å². The molecule has 0 aromatic rings. The minimum absolute atomic E-state index is 0.286. The molecule has 0 rings (SSSR count). The van der Waals surface area contributed by atoms with Crippen molar-refractivity contribution in [2.75, 3.05) is 6.61 Å². The van der Waals surface area contributed by atoms with Crippen LogP contribution in [0.5, 0.6) is 0 Å². The summed E-state index contributed by atoms with van der Waals surface area (Å²) in [5, 5.41) is 19.9. The van der Waals surface area contributed by atoms with E-state index in [1.807, 2.05) is 20.8 Å². The predicted molar refractivity (Wildman–Crippen MR) is 41.4 cm³/mol. The minimum atomic E-state index is -1.03. The van der Waals surface area contributed by atoms with Crippen LogP contribution in [0.1, 0.15) is 20.8 Å². The van der Waals surface area contributed by atoms with E-state index in [9.17, 15) is 4.79 Å². The number of nitrogens with one attached hydrogen (secondary N) is 1. The van der Waals surface area contributed by atoms with Gasteiger partial charge in [-0.25, -0.2) is 0 Å². The second-order valence-electron chi connectivity index (χ2n) is 3.47. The van der Waals surface area contributed by atoms with Crippen molar-refractivity contribution in [2.24, 2.45) is 0 Å². The Kier molecular flexibility index (Phi) is 3.48. The molecule has 4 heteroatoms. The molecule has 0 aromatic carbocycles. The first-order valence-electron chi connectivity index (χ1n) is 3.48. The topological polar surface area (TPSA) is 69.6 Å². The van der Waals surface area contributed by atoms with Crippen LogP contribution in [-0.4, -0.2) is 34.4 Å². The van der Waals surface area contributed by atoms with Crippen molar-refractivity contribution in [3.05, 3.63) is 0 Å². The number of aliphatic carboxylic acids is 1. The van der Waals surface area contributed by atoms with Gasteiger partial charge in [-0.05, 0) is 20.8 Å². The molecule has 11 heavy (non-hydrogen) atoms. The van der Waals surface area contributed by atoms with E-state index in [1.54, 1.807) is 0 Å². The van der Waals surface area contributed by atoms with E-state index in [2.05, 4.69) is 5.32 Å². The third-order valence-electron chi connectivity index (χ3n) is 1.09. The van der Waals surface area contributed by atoms with Crippen LogP contribution in [0.15, 0.2) is 0 Å². The van der Waals surface area contributed by atoms with Gasteiger partial charge in [0.2, 0.25) is 0 Å². The van der Waals surface area contributed by atoms with E-state index in [4.69, 9.17) is 10.2 Å². The molecule has 0 saturated carbocycles. The summed E-state index contributed by atoms with van der Waals surface area (Å²) >= 11 is 0. The van der Waals surface area contributed by atoms with Crippen LogP contribution in [0.4, 0.5) is 0 Å². The molecule has 0 aliphatic rings. The normalized spacial score (nSPS) is 14.5. The van der Waals surface area contributed by atoms with Crippen molar-refractivity contribution in [1.29, 1.82) is 0 Å². The second kappa shape index (κ2) is 3.69. The van der Waals surface area contributed by atoms with Crippen LogP contribution in [0.3, 0.4) is 0 Å². The van der Waals surface area contributed by atoms with Crippen molar-refractivity contribution in [3.8, 4) is 0 Å². The molecule has 3 N–H and O–H groups in total. The lowest BCUT2D eigenvalue weighted by Gasteiger charge is -2.24. The first-order chi connectivity index (χ1) is 4.87. The highest BCUT2D eigenvalue weighted by molar-refractivity contribution is 5.73. The lowest BCUT2D eigenvalue weighted by atomic mass is 10.1. The maximum atomic E-state index is 10.4. The average Bonchev–Trinajstić information content (AvgIpc) is 1.80. The molecule has 0 bridgehead atoms. The molecule has 0 aliphatic heterocycles. The molecular formula is C7H15NO3. The Bertz CT molecular complexity index is 139. The number of rotatable bonds is 3. The van der Waals surface area contributed by atoms with Crippen LogP contribution in [0, 0.1) is 0 Å². The number of aliphatic hydroxyl groups is 1. The Labute approximate surface area is 66.2 Å². The highest BCUT2D eigenvalue weighted by atomic mass is 16.4. The number of aliphatic hydroxyl groups excluding tert-OH is 1. The van der Waals surface area contributed by atoms with Crippen molar-refractivity contribution < 1.29 is 15.0 Å². The van der Waals surface area contributed by atoms with Crippen LogP contribution in [-0.2, 0) is 4.79 Å². The summed E-state index contributed by atoms with van der Waals surface area (Å²) in [6, 6.07) is -0.866. The van der Waals surface area contributed by atoms with Crippen molar-refractivity contribution in [3.63, 3.8) is 0 Å². The number of carboxylic acids is 1. The molecule has 1 atom stereocenters. The molecule has 0 fully saturated rings. The molecule has 0 radical (unpaired) electrons. The van der Waals surface area contributed by atoms with Gasteiger partial charge in [0.15, 0.2) is 0 Å². The first-order valence-corrected chi connectivity index (χ1v) is 3.48. The SMILES string of the molecule is CC(C)(C)NC(CO)C(=O)O. The maximum absolute atomic E-state index is 10.4. The molecule has 0 aromatic heterocycles. The first kappa shape index (κ1) is 10.4. The molecule has 0 spiro atoms. The van der Waals surface area contributed by atoms with Crippen molar-refractivity contribution >= 4 is 5.97 Å². The highest BCUT2D eigenvalue weighted by Crippen LogP contribution is 2.00. The van der Waals surface area contributed by atoms with Gasteiger partial charge in [0.25, 0.3) is 0 Å². The molecule has 66 valence electrons. The van der Waals surface area contributed by atoms with Gasteiger partial charge in [0.1, 0.15) is 6.04 Å². The molecule has 0 heterocycles. The van der Waals surface area contributed by atoms with E-state index in [1.165, 1.54) is 0 Å². The minimum Gasteiger partial charge on any atom is -0.480 e. The zero-order valence-corrected chi connectivity index (χ0v) is 7.09.